The number of fused-ring (bicyclic) bond motifs is 1. The van der Waals surface area contributed by atoms with Crippen molar-refractivity contribution < 1.29 is 9.90 Å². The number of carboxylic acids is 1. The topological polar surface area (TPSA) is 66.0 Å². The van der Waals surface area contributed by atoms with Gasteiger partial charge in [0.15, 0.2) is 0 Å². The molecule has 2 heterocycles. The van der Waals surface area contributed by atoms with E-state index in [2.05, 4.69) is 22.1 Å². The number of aromatic carboxylic acids is 1. The van der Waals surface area contributed by atoms with E-state index in [0.717, 1.165) is 16.2 Å². The quantitative estimate of drug-likeness (QED) is 0.719. The van der Waals surface area contributed by atoms with Crippen LogP contribution in [-0.4, -0.2) is 21.0 Å². The maximum absolute atomic E-state index is 10.9. The Labute approximate surface area is 119 Å². The molecule has 3 rings (SSSR count). The summed E-state index contributed by atoms with van der Waals surface area (Å²) in [6.07, 6.45) is 0. The summed E-state index contributed by atoms with van der Waals surface area (Å²) >= 11 is 1.61. The molecule has 2 N–H and O–H groups in total. The van der Waals surface area contributed by atoms with Gasteiger partial charge in [-0.05, 0) is 24.3 Å². The van der Waals surface area contributed by atoms with Crippen LogP contribution < -0.4 is 0 Å². The van der Waals surface area contributed by atoms with Crippen molar-refractivity contribution in [3.63, 3.8) is 0 Å². The van der Waals surface area contributed by atoms with Crippen molar-refractivity contribution in [2.45, 2.75) is 10.8 Å². The fourth-order valence-corrected chi connectivity index (χ4v) is 2.81. The highest BCUT2D eigenvalue weighted by molar-refractivity contribution is 7.98. The van der Waals surface area contributed by atoms with Crippen molar-refractivity contribution in [3.8, 4) is 0 Å². The predicted octanol–water partition coefficient (Wildman–Crippen LogP) is 3.55. The molecule has 0 unspecified atom stereocenters. The Morgan fingerprint density at radius 3 is 2.85 bits per heavy atom. The number of thioether (sulfide) groups is 1. The molecule has 1 aromatic carbocycles. The zero-order valence-corrected chi connectivity index (χ0v) is 11.4. The van der Waals surface area contributed by atoms with Crippen LogP contribution in [0.4, 0.5) is 0 Å². The molecule has 3 aromatic rings. The van der Waals surface area contributed by atoms with Crippen LogP contribution in [-0.2, 0) is 5.75 Å². The third-order valence-electron chi connectivity index (χ3n) is 2.91. The Balaban J connectivity index is 1.75. The Hall–Kier alpha value is -2.27. The van der Waals surface area contributed by atoms with Gasteiger partial charge in [0.25, 0.3) is 0 Å². The molecule has 0 aliphatic carbocycles. The van der Waals surface area contributed by atoms with Gasteiger partial charge in [0.05, 0.1) is 10.7 Å². The number of nitrogens with one attached hydrogen (secondary N) is 1. The van der Waals surface area contributed by atoms with Crippen molar-refractivity contribution in [2.24, 2.45) is 0 Å². The van der Waals surface area contributed by atoms with E-state index in [9.17, 15) is 4.79 Å². The molecule has 0 spiro atoms. The summed E-state index contributed by atoms with van der Waals surface area (Å²) < 4.78 is 0. The molecule has 0 bridgehead atoms. The lowest BCUT2D eigenvalue weighted by atomic mass is 10.3. The van der Waals surface area contributed by atoms with E-state index in [4.69, 9.17) is 5.11 Å². The summed E-state index contributed by atoms with van der Waals surface area (Å²) in [5, 5.41) is 11.1. The zero-order valence-electron chi connectivity index (χ0n) is 10.5. The monoisotopic (exact) mass is 284 g/mol. The Bertz CT molecular complexity index is 734. The van der Waals surface area contributed by atoms with Crippen molar-refractivity contribution in [1.29, 1.82) is 0 Å². The second-order valence-electron chi connectivity index (χ2n) is 4.33. The highest BCUT2D eigenvalue weighted by Gasteiger charge is 2.06. The average Bonchev–Trinajstić information content (AvgIpc) is 2.88. The number of hydrogen-bond acceptors (Lipinski definition) is 3. The largest absolute Gasteiger partial charge is 0.477 e. The number of aromatic amines is 1. The molecule has 20 heavy (non-hydrogen) atoms. The van der Waals surface area contributed by atoms with Gasteiger partial charge in [-0.2, -0.15) is 0 Å². The molecule has 0 fully saturated rings. The molecule has 5 heteroatoms. The second-order valence-corrected chi connectivity index (χ2v) is 5.35. The standard InChI is InChI=1S/C15H12N2O2S/c18-15(19)13-7-3-5-11(16-13)9-20-14-8-10-4-1-2-6-12(10)17-14/h1-8,17H,9H2,(H,18,19). The van der Waals surface area contributed by atoms with Crippen LogP contribution in [0.15, 0.2) is 53.6 Å². The number of carboxylic acid groups (broad SMARTS) is 1. The molecule has 0 aliphatic heterocycles. The van der Waals surface area contributed by atoms with Gasteiger partial charge in [-0.25, -0.2) is 9.78 Å². The van der Waals surface area contributed by atoms with E-state index in [1.54, 1.807) is 17.8 Å². The Kier molecular flexibility index (Phi) is 3.43. The number of carbonyl (C=O) groups is 1. The van der Waals surface area contributed by atoms with Crippen molar-refractivity contribution in [2.75, 3.05) is 0 Å². The minimum atomic E-state index is -0.998. The van der Waals surface area contributed by atoms with Crippen molar-refractivity contribution >= 4 is 28.6 Å². The van der Waals surface area contributed by atoms with Gasteiger partial charge < -0.3 is 10.1 Å². The number of pyridine rings is 1. The summed E-state index contributed by atoms with van der Waals surface area (Å²) in [7, 11) is 0. The van der Waals surface area contributed by atoms with Gasteiger partial charge in [-0.3, -0.25) is 0 Å². The van der Waals surface area contributed by atoms with Crippen molar-refractivity contribution in [1.82, 2.24) is 9.97 Å². The lowest BCUT2D eigenvalue weighted by Crippen LogP contribution is -2.01. The van der Waals surface area contributed by atoms with Crippen LogP contribution in [0, 0.1) is 0 Å². The fourth-order valence-electron chi connectivity index (χ4n) is 1.96. The molecular formula is C15H12N2O2S. The minimum Gasteiger partial charge on any atom is -0.477 e. The maximum atomic E-state index is 10.9. The molecule has 0 amide bonds. The average molecular weight is 284 g/mol. The summed E-state index contributed by atoms with van der Waals surface area (Å²) in [6.45, 7) is 0. The summed E-state index contributed by atoms with van der Waals surface area (Å²) in [5.74, 6) is -0.365. The van der Waals surface area contributed by atoms with Gasteiger partial charge in [0.1, 0.15) is 5.69 Å². The minimum absolute atomic E-state index is 0.0831. The number of rotatable bonds is 4. The van der Waals surface area contributed by atoms with E-state index in [1.807, 2.05) is 24.3 Å². The van der Waals surface area contributed by atoms with E-state index in [0.29, 0.717) is 5.75 Å². The number of nitrogens with zero attached hydrogens (tertiary/aromatic N) is 1. The van der Waals surface area contributed by atoms with E-state index in [1.165, 1.54) is 11.5 Å². The van der Waals surface area contributed by atoms with Gasteiger partial charge in [0.2, 0.25) is 0 Å². The van der Waals surface area contributed by atoms with E-state index >= 15 is 0 Å². The smallest absolute Gasteiger partial charge is 0.354 e. The third kappa shape index (κ3) is 2.67. The van der Waals surface area contributed by atoms with Crippen LogP contribution in [0.25, 0.3) is 10.9 Å². The number of benzene rings is 1. The molecule has 0 atom stereocenters. The van der Waals surface area contributed by atoms with Crippen LogP contribution in [0.5, 0.6) is 0 Å². The SMILES string of the molecule is O=C(O)c1cccc(CSc2cc3ccccc3[nH]2)n1. The van der Waals surface area contributed by atoms with Crippen molar-refractivity contribution in [3.05, 3.63) is 59.9 Å². The molecule has 4 nitrogen and oxygen atoms in total. The summed E-state index contributed by atoms with van der Waals surface area (Å²) in [5.41, 5.74) is 1.94. The number of para-hydroxylation sites is 1. The van der Waals surface area contributed by atoms with Crippen LogP contribution in [0.3, 0.4) is 0 Å². The molecule has 0 aliphatic rings. The molecule has 0 radical (unpaired) electrons. The third-order valence-corrected chi connectivity index (χ3v) is 3.88. The number of aromatic nitrogens is 2. The van der Waals surface area contributed by atoms with Gasteiger partial charge >= 0.3 is 5.97 Å². The maximum Gasteiger partial charge on any atom is 0.354 e. The van der Waals surface area contributed by atoms with E-state index in [-0.39, 0.29) is 5.69 Å². The fraction of sp³-hybridized carbons (Fsp3) is 0.0667. The van der Waals surface area contributed by atoms with Gasteiger partial charge in [0, 0.05) is 16.7 Å². The molecular weight excluding hydrogens is 272 g/mol. The van der Waals surface area contributed by atoms with E-state index < -0.39 is 5.97 Å². The van der Waals surface area contributed by atoms with Crippen LogP contribution in [0.2, 0.25) is 0 Å². The highest BCUT2D eigenvalue weighted by Crippen LogP contribution is 2.25. The number of H-pyrrole nitrogens is 1. The van der Waals surface area contributed by atoms with Gasteiger partial charge in [-0.1, -0.05) is 24.3 Å². The van der Waals surface area contributed by atoms with Crippen LogP contribution >= 0.6 is 11.8 Å². The normalized spacial score (nSPS) is 10.8. The summed E-state index contributed by atoms with van der Waals surface area (Å²) in [4.78, 5) is 18.3. The Morgan fingerprint density at radius 2 is 2.05 bits per heavy atom. The molecule has 100 valence electrons. The molecule has 0 saturated carbocycles. The second kappa shape index (κ2) is 5.38. The first-order valence-corrected chi connectivity index (χ1v) is 7.11. The number of hydrogen-bond donors (Lipinski definition) is 2. The highest BCUT2D eigenvalue weighted by atomic mass is 32.2. The zero-order chi connectivity index (χ0) is 13.9. The van der Waals surface area contributed by atoms with Crippen LogP contribution in [0.1, 0.15) is 16.2 Å². The first-order valence-electron chi connectivity index (χ1n) is 6.12. The lowest BCUT2D eigenvalue weighted by Gasteiger charge is -2.00. The predicted molar refractivity (Wildman–Crippen MR) is 79.1 cm³/mol. The molecule has 2 aromatic heterocycles. The summed E-state index contributed by atoms with van der Waals surface area (Å²) in [6, 6.07) is 15.2. The molecule has 0 saturated heterocycles. The van der Waals surface area contributed by atoms with Gasteiger partial charge in [-0.15, -0.1) is 11.8 Å². The lowest BCUT2D eigenvalue weighted by molar-refractivity contribution is 0.0690. The Morgan fingerprint density at radius 1 is 1.20 bits per heavy atom. The first-order chi connectivity index (χ1) is 9.72. The first kappa shape index (κ1) is 12.7.